The molecule has 0 saturated carbocycles. The number of benzene rings is 1. The lowest BCUT2D eigenvalue weighted by Crippen LogP contribution is -2.19. The fourth-order valence-electron chi connectivity index (χ4n) is 0.947. The van der Waals surface area contributed by atoms with Gasteiger partial charge in [-0.3, -0.25) is 5.32 Å². The number of hydrogen-bond donors (Lipinski definition) is 1. The van der Waals surface area contributed by atoms with Crippen LogP contribution in [-0.4, -0.2) is 12.2 Å². The molecule has 82 valence electrons. The van der Waals surface area contributed by atoms with Crippen molar-refractivity contribution in [2.24, 2.45) is 0 Å². The first-order chi connectivity index (χ1) is 7.11. The summed E-state index contributed by atoms with van der Waals surface area (Å²) in [5.41, 5.74) is 0.728. The lowest BCUT2D eigenvalue weighted by Gasteiger charge is -2.11. The monoisotopic (exact) mass is 271 g/mol. The molecule has 1 atom stereocenters. The lowest BCUT2D eigenvalue weighted by atomic mass is 10.3. The molecule has 1 rings (SSSR count). The fourth-order valence-corrected chi connectivity index (χ4v) is 1.21. The minimum atomic E-state index is -0.410. The maximum Gasteiger partial charge on any atom is 0.411 e. The van der Waals surface area contributed by atoms with Gasteiger partial charge in [0.2, 0.25) is 0 Å². The van der Waals surface area contributed by atoms with Crippen LogP contribution >= 0.6 is 15.9 Å². The molecular weight excluding hydrogens is 258 g/mol. The summed E-state index contributed by atoms with van der Waals surface area (Å²) in [6, 6.07) is 7.33. The largest absolute Gasteiger partial charge is 0.446 e. The Morgan fingerprint density at radius 3 is 2.60 bits per heavy atom. The zero-order chi connectivity index (χ0) is 11.3. The van der Waals surface area contributed by atoms with E-state index in [1.807, 2.05) is 38.1 Å². The Bertz CT molecular complexity index is 324. The van der Waals surface area contributed by atoms with Crippen LogP contribution in [0, 0.1) is 0 Å². The Morgan fingerprint density at radius 2 is 2.07 bits per heavy atom. The van der Waals surface area contributed by atoms with Crippen molar-refractivity contribution in [3.63, 3.8) is 0 Å². The van der Waals surface area contributed by atoms with Crippen molar-refractivity contribution in [1.82, 2.24) is 0 Å². The van der Waals surface area contributed by atoms with Gasteiger partial charge in [-0.25, -0.2) is 4.79 Å². The predicted molar refractivity (Wildman–Crippen MR) is 64.0 cm³/mol. The molecule has 0 aliphatic rings. The highest BCUT2D eigenvalue weighted by Crippen LogP contribution is 2.14. The van der Waals surface area contributed by atoms with Gasteiger partial charge in [0.05, 0.1) is 0 Å². The molecule has 0 unspecified atom stereocenters. The second kappa shape index (κ2) is 5.75. The number of carbonyl (C=O) groups is 1. The molecule has 0 aliphatic heterocycles. The average molecular weight is 272 g/mol. The topological polar surface area (TPSA) is 38.3 Å². The molecule has 0 aromatic heterocycles. The van der Waals surface area contributed by atoms with Crippen LogP contribution in [-0.2, 0) is 4.74 Å². The van der Waals surface area contributed by atoms with Crippen molar-refractivity contribution in [3.05, 3.63) is 28.7 Å². The number of halogens is 1. The highest BCUT2D eigenvalue weighted by molar-refractivity contribution is 9.10. The molecule has 0 aliphatic carbocycles. The molecule has 1 amide bonds. The van der Waals surface area contributed by atoms with Crippen LogP contribution in [0.3, 0.4) is 0 Å². The van der Waals surface area contributed by atoms with Gasteiger partial charge < -0.3 is 4.74 Å². The Balaban J connectivity index is 2.48. The molecule has 4 heteroatoms. The summed E-state index contributed by atoms with van der Waals surface area (Å²) in [7, 11) is 0. The maximum absolute atomic E-state index is 11.3. The predicted octanol–water partition coefficient (Wildman–Crippen LogP) is 3.80. The molecule has 0 spiro atoms. The zero-order valence-electron chi connectivity index (χ0n) is 8.79. The van der Waals surface area contributed by atoms with Gasteiger partial charge in [-0.15, -0.1) is 0 Å². The van der Waals surface area contributed by atoms with Crippen molar-refractivity contribution < 1.29 is 9.53 Å². The van der Waals surface area contributed by atoms with E-state index in [1.165, 1.54) is 0 Å². The molecule has 15 heavy (non-hydrogen) atoms. The molecule has 1 N–H and O–H groups in total. The van der Waals surface area contributed by atoms with E-state index in [-0.39, 0.29) is 6.10 Å². The Kier molecular flexibility index (Phi) is 4.62. The Hall–Kier alpha value is -1.03. The third kappa shape index (κ3) is 4.34. The molecule has 1 aromatic carbocycles. The second-order valence-corrected chi connectivity index (χ2v) is 4.17. The van der Waals surface area contributed by atoms with Gasteiger partial charge in [-0.05, 0) is 37.6 Å². The molecule has 0 bridgehead atoms. The summed E-state index contributed by atoms with van der Waals surface area (Å²) in [6.45, 7) is 3.83. The van der Waals surface area contributed by atoms with Crippen molar-refractivity contribution in [1.29, 1.82) is 0 Å². The van der Waals surface area contributed by atoms with Crippen LogP contribution in [0.4, 0.5) is 10.5 Å². The van der Waals surface area contributed by atoms with Gasteiger partial charge in [0.15, 0.2) is 0 Å². The third-order valence-corrected chi connectivity index (χ3v) is 2.50. The molecular formula is C11H14BrNO2. The molecule has 3 nitrogen and oxygen atoms in total. The van der Waals surface area contributed by atoms with E-state index in [2.05, 4.69) is 21.2 Å². The Morgan fingerprint density at radius 1 is 1.47 bits per heavy atom. The van der Waals surface area contributed by atoms with E-state index >= 15 is 0 Å². The molecule has 0 saturated heterocycles. The van der Waals surface area contributed by atoms with E-state index < -0.39 is 6.09 Å². The number of nitrogens with one attached hydrogen (secondary N) is 1. The van der Waals surface area contributed by atoms with Crippen molar-refractivity contribution in [2.75, 3.05) is 5.32 Å². The number of anilines is 1. The quantitative estimate of drug-likeness (QED) is 0.908. The van der Waals surface area contributed by atoms with Crippen molar-refractivity contribution in [2.45, 2.75) is 26.4 Å². The van der Waals surface area contributed by atoms with Gasteiger partial charge in [0.1, 0.15) is 6.10 Å². The highest BCUT2D eigenvalue weighted by Gasteiger charge is 2.06. The van der Waals surface area contributed by atoms with E-state index in [0.717, 1.165) is 16.6 Å². The van der Waals surface area contributed by atoms with Gasteiger partial charge in [-0.1, -0.05) is 22.9 Å². The third-order valence-electron chi connectivity index (χ3n) is 1.97. The molecule has 0 radical (unpaired) electrons. The van der Waals surface area contributed by atoms with Crippen LogP contribution in [0.5, 0.6) is 0 Å². The summed E-state index contributed by atoms with van der Waals surface area (Å²) in [6.07, 6.45) is 0.348. The van der Waals surface area contributed by atoms with Gasteiger partial charge in [0, 0.05) is 10.2 Å². The van der Waals surface area contributed by atoms with Gasteiger partial charge in [0.25, 0.3) is 0 Å². The number of carbonyl (C=O) groups excluding carboxylic acids is 1. The van der Waals surface area contributed by atoms with Crippen LogP contribution in [0.1, 0.15) is 20.3 Å². The highest BCUT2D eigenvalue weighted by atomic mass is 79.9. The van der Waals surface area contributed by atoms with Gasteiger partial charge >= 0.3 is 6.09 Å². The lowest BCUT2D eigenvalue weighted by molar-refractivity contribution is 0.118. The summed E-state index contributed by atoms with van der Waals surface area (Å²) < 4.78 is 6.05. The van der Waals surface area contributed by atoms with E-state index in [9.17, 15) is 4.79 Å². The average Bonchev–Trinajstić information content (AvgIpc) is 2.21. The van der Waals surface area contributed by atoms with Crippen LogP contribution < -0.4 is 5.32 Å². The smallest absolute Gasteiger partial charge is 0.411 e. The number of rotatable bonds is 3. The summed E-state index contributed by atoms with van der Waals surface area (Å²) in [5.74, 6) is 0. The standard InChI is InChI=1S/C11H14BrNO2/c1-3-8(2)15-11(14)13-10-6-4-9(12)5-7-10/h4-8H,3H2,1-2H3,(H,13,14)/t8-/m1/s1. The second-order valence-electron chi connectivity index (χ2n) is 3.26. The van der Waals surface area contributed by atoms with E-state index in [1.54, 1.807) is 0 Å². The number of hydrogen-bond acceptors (Lipinski definition) is 2. The first kappa shape index (κ1) is 12.0. The van der Waals surface area contributed by atoms with Crippen molar-refractivity contribution in [3.8, 4) is 0 Å². The van der Waals surface area contributed by atoms with Crippen molar-refractivity contribution >= 4 is 27.7 Å². The minimum absolute atomic E-state index is 0.0551. The maximum atomic E-state index is 11.3. The summed E-state index contributed by atoms with van der Waals surface area (Å²) in [4.78, 5) is 11.3. The first-order valence-corrected chi connectivity index (χ1v) is 5.64. The molecule has 0 heterocycles. The normalized spacial score (nSPS) is 11.9. The fraction of sp³-hybridized carbons (Fsp3) is 0.364. The van der Waals surface area contributed by atoms with Gasteiger partial charge in [-0.2, -0.15) is 0 Å². The Labute approximate surface area is 97.9 Å². The van der Waals surface area contributed by atoms with E-state index in [0.29, 0.717) is 0 Å². The number of ether oxygens (including phenoxy) is 1. The van der Waals surface area contributed by atoms with Crippen LogP contribution in [0.25, 0.3) is 0 Å². The first-order valence-electron chi connectivity index (χ1n) is 4.85. The molecule has 0 fully saturated rings. The minimum Gasteiger partial charge on any atom is -0.446 e. The van der Waals surface area contributed by atoms with E-state index in [4.69, 9.17) is 4.74 Å². The molecule has 1 aromatic rings. The van der Waals surface area contributed by atoms with Crippen LogP contribution in [0.15, 0.2) is 28.7 Å². The SMILES string of the molecule is CC[C@@H](C)OC(=O)Nc1ccc(Br)cc1. The van der Waals surface area contributed by atoms with Crippen LogP contribution in [0.2, 0.25) is 0 Å². The zero-order valence-corrected chi connectivity index (χ0v) is 10.4. The number of amides is 1. The summed E-state index contributed by atoms with van der Waals surface area (Å²) >= 11 is 3.32. The summed E-state index contributed by atoms with van der Waals surface area (Å²) in [5, 5.41) is 2.65.